The van der Waals surface area contributed by atoms with Crippen LogP contribution >= 0.6 is 27.5 Å². The van der Waals surface area contributed by atoms with Crippen LogP contribution in [0.3, 0.4) is 0 Å². The molecule has 0 saturated heterocycles. The first-order chi connectivity index (χ1) is 9.10. The summed E-state index contributed by atoms with van der Waals surface area (Å²) in [5.41, 5.74) is 3.43. The Kier molecular flexibility index (Phi) is 4.72. The molecule has 0 atom stereocenters. The van der Waals surface area contributed by atoms with E-state index < -0.39 is 0 Å². The Hall–Kier alpha value is -1.19. The van der Waals surface area contributed by atoms with Crippen molar-refractivity contribution in [3.8, 4) is 5.75 Å². The van der Waals surface area contributed by atoms with Crippen molar-refractivity contribution in [2.75, 3.05) is 12.4 Å². The van der Waals surface area contributed by atoms with E-state index in [1.54, 1.807) is 7.11 Å². The zero-order valence-corrected chi connectivity index (χ0v) is 13.2. The molecule has 0 aliphatic rings. The predicted octanol–water partition coefficient (Wildman–Crippen LogP) is 5.03. The van der Waals surface area contributed by atoms with Crippen LogP contribution < -0.4 is 10.1 Å². The van der Waals surface area contributed by atoms with Crippen molar-refractivity contribution in [2.24, 2.45) is 0 Å². The molecule has 4 heteroatoms. The molecule has 0 unspecified atom stereocenters. The molecule has 2 nitrogen and oxygen atoms in total. The van der Waals surface area contributed by atoms with Gasteiger partial charge in [0.05, 0.1) is 11.6 Å². The SMILES string of the molecule is COc1cc(NCc2ccc(Cl)cc2C)ccc1Br. The van der Waals surface area contributed by atoms with Gasteiger partial charge in [0.15, 0.2) is 0 Å². The van der Waals surface area contributed by atoms with E-state index in [4.69, 9.17) is 16.3 Å². The van der Waals surface area contributed by atoms with Crippen molar-refractivity contribution in [3.05, 3.63) is 57.0 Å². The number of anilines is 1. The van der Waals surface area contributed by atoms with Gasteiger partial charge in [-0.1, -0.05) is 17.7 Å². The predicted molar refractivity (Wildman–Crippen MR) is 84.2 cm³/mol. The van der Waals surface area contributed by atoms with Crippen molar-refractivity contribution < 1.29 is 4.74 Å². The second kappa shape index (κ2) is 6.31. The first-order valence-corrected chi connectivity index (χ1v) is 7.09. The lowest BCUT2D eigenvalue weighted by Gasteiger charge is -2.11. The highest BCUT2D eigenvalue weighted by Gasteiger charge is 2.03. The summed E-state index contributed by atoms with van der Waals surface area (Å²) in [4.78, 5) is 0. The summed E-state index contributed by atoms with van der Waals surface area (Å²) < 4.78 is 6.22. The Morgan fingerprint density at radius 1 is 1.21 bits per heavy atom. The first-order valence-electron chi connectivity index (χ1n) is 5.92. The molecule has 0 spiro atoms. The number of aryl methyl sites for hydroxylation is 1. The van der Waals surface area contributed by atoms with Crippen molar-refractivity contribution in [1.82, 2.24) is 0 Å². The summed E-state index contributed by atoms with van der Waals surface area (Å²) in [6.45, 7) is 2.82. The van der Waals surface area contributed by atoms with Crippen LogP contribution in [0.15, 0.2) is 40.9 Å². The third kappa shape index (κ3) is 3.64. The van der Waals surface area contributed by atoms with Gasteiger partial charge in [-0.25, -0.2) is 0 Å². The van der Waals surface area contributed by atoms with Gasteiger partial charge in [-0.05, 0) is 58.2 Å². The zero-order chi connectivity index (χ0) is 13.8. The fourth-order valence-corrected chi connectivity index (χ4v) is 2.46. The molecule has 0 amide bonds. The number of methoxy groups -OCH3 is 1. The summed E-state index contributed by atoms with van der Waals surface area (Å²) in [7, 11) is 1.66. The van der Waals surface area contributed by atoms with Crippen LogP contribution in [-0.2, 0) is 6.54 Å². The minimum Gasteiger partial charge on any atom is -0.495 e. The minimum atomic E-state index is 0.758. The van der Waals surface area contributed by atoms with Crippen LogP contribution in [0, 0.1) is 6.92 Å². The summed E-state index contributed by atoms with van der Waals surface area (Å²) in [5.74, 6) is 0.817. The van der Waals surface area contributed by atoms with E-state index in [1.165, 1.54) is 11.1 Å². The molecule has 0 aliphatic heterocycles. The van der Waals surface area contributed by atoms with E-state index in [-0.39, 0.29) is 0 Å². The second-order valence-electron chi connectivity index (χ2n) is 4.27. The van der Waals surface area contributed by atoms with E-state index in [9.17, 15) is 0 Å². The highest BCUT2D eigenvalue weighted by molar-refractivity contribution is 9.10. The highest BCUT2D eigenvalue weighted by Crippen LogP contribution is 2.28. The van der Waals surface area contributed by atoms with E-state index in [0.717, 1.165) is 27.5 Å². The minimum absolute atomic E-state index is 0.758. The number of rotatable bonds is 4. The average Bonchev–Trinajstić information content (AvgIpc) is 2.39. The monoisotopic (exact) mass is 339 g/mol. The van der Waals surface area contributed by atoms with E-state index >= 15 is 0 Å². The Morgan fingerprint density at radius 3 is 2.68 bits per heavy atom. The number of nitrogens with one attached hydrogen (secondary N) is 1. The van der Waals surface area contributed by atoms with Crippen molar-refractivity contribution in [1.29, 1.82) is 0 Å². The van der Waals surface area contributed by atoms with Gasteiger partial charge in [-0.2, -0.15) is 0 Å². The molecule has 1 N–H and O–H groups in total. The van der Waals surface area contributed by atoms with E-state index in [2.05, 4.69) is 28.2 Å². The van der Waals surface area contributed by atoms with E-state index in [0.29, 0.717) is 0 Å². The normalized spacial score (nSPS) is 10.3. The van der Waals surface area contributed by atoms with E-state index in [1.807, 2.05) is 36.4 Å². The average molecular weight is 341 g/mol. The van der Waals surface area contributed by atoms with Crippen molar-refractivity contribution >= 4 is 33.2 Å². The Balaban J connectivity index is 2.10. The molecule has 0 aromatic heterocycles. The molecular formula is C15H15BrClNO. The molecule has 0 heterocycles. The molecule has 0 radical (unpaired) electrons. The topological polar surface area (TPSA) is 21.3 Å². The number of halogens is 2. The lowest BCUT2D eigenvalue weighted by molar-refractivity contribution is 0.412. The van der Waals surface area contributed by atoms with Gasteiger partial charge < -0.3 is 10.1 Å². The number of benzene rings is 2. The highest BCUT2D eigenvalue weighted by atomic mass is 79.9. The van der Waals surface area contributed by atoms with Crippen LogP contribution in [0.25, 0.3) is 0 Å². The maximum Gasteiger partial charge on any atom is 0.135 e. The van der Waals surface area contributed by atoms with Gasteiger partial charge >= 0.3 is 0 Å². The first kappa shape index (κ1) is 14.2. The van der Waals surface area contributed by atoms with Gasteiger partial charge in [0.2, 0.25) is 0 Å². The molecule has 19 heavy (non-hydrogen) atoms. The molecule has 0 saturated carbocycles. The van der Waals surface area contributed by atoms with Crippen LogP contribution in [-0.4, -0.2) is 7.11 Å². The molecular weight excluding hydrogens is 326 g/mol. The summed E-state index contributed by atoms with van der Waals surface area (Å²) in [6.07, 6.45) is 0. The fourth-order valence-electron chi connectivity index (χ4n) is 1.82. The summed E-state index contributed by atoms with van der Waals surface area (Å²) in [6, 6.07) is 11.9. The van der Waals surface area contributed by atoms with Crippen molar-refractivity contribution in [2.45, 2.75) is 13.5 Å². The smallest absolute Gasteiger partial charge is 0.135 e. The second-order valence-corrected chi connectivity index (χ2v) is 5.56. The summed E-state index contributed by atoms with van der Waals surface area (Å²) in [5, 5.41) is 4.15. The Morgan fingerprint density at radius 2 is 2.00 bits per heavy atom. The lowest BCUT2D eigenvalue weighted by Crippen LogP contribution is -2.01. The third-order valence-electron chi connectivity index (χ3n) is 2.94. The number of ether oxygens (including phenoxy) is 1. The fraction of sp³-hybridized carbons (Fsp3) is 0.200. The molecule has 0 aliphatic carbocycles. The molecule has 0 fully saturated rings. The quantitative estimate of drug-likeness (QED) is 0.842. The van der Waals surface area contributed by atoms with Crippen molar-refractivity contribution in [3.63, 3.8) is 0 Å². The van der Waals surface area contributed by atoms with Crippen LogP contribution in [0.1, 0.15) is 11.1 Å². The lowest BCUT2D eigenvalue weighted by atomic mass is 10.1. The Labute approximate surface area is 126 Å². The van der Waals surface area contributed by atoms with Gasteiger partial charge in [-0.15, -0.1) is 0 Å². The molecule has 2 aromatic rings. The number of hydrogen-bond donors (Lipinski definition) is 1. The van der Waals surface area contributed by atoms with Gasteiger partial charge in [-0.3, -0.25) is 0 Å². The summed E-state index contributed by atoms with van der Waals surface area (Å²) >= 11 is 9.39. The number of hydrogen-bond acceptors (Lipinski definition) is 2. The van der Waals surface area contributed by atoms with Gasteiger partial charge in [0.1, 0.15) is 5.75 Å². The van der Waals surface area contributed by atoms with Crippen LogP contribution in [0.5, 0.6) is 5.75 Å². The maximum absolute atomic E-state index is 5.95. The standard InChI is InChI=1S/C15H15BrClNO/c1-10-7-12(17)4-3-11(10)9-18-13-5-6-14(16)15(8-13)19-2/h3-8,18H,9H2,1-2H3. The molecule has 0 bridgehead atoms. The molecule has 100 valence electrons. The zero-order valence-electron chi connectivity index (χ0n) is 10.8. The third-order valence-corrected chi connectivity index (χ3v) is 3.83. The maximum atomic E-state index is 5.95. The van der Waals surface area contributed by atoms with Crippen LogP contribution in [0.2, 0.25) is 5.02 Å². The largest absolute Gasteiger partial charge is 0.495 e. The Bertz CT molecular complexity index is 586. The van der Waals surface area contributed by atoms with Gasteiger partial charge in [0, 0.05) is 23.3 Å². The molecule has 2 rings (SSSR count). The van der Waals surface area contributed by atoms with Crippen LogP contribution in [0.4, 0.5) is 5.69 Å². The van der Waals surface area contributed by atoms with Gasteiger partial charge in [0.25, 0.3) is 0 Å². The molecule has 2 aromatic carbocycles.